The van der Waals surface area contributed by atoms with Crippen molar-refractivity contribution in [1.29, 1.82) is 0 Å². The molecule has 2 heterocycles. The molecule has 0 bridgehead atoms. The highest BCUT2D eigenvalue weighted by Gasteiger charge is 2.35. The Balaban J connectivity index is 1.87. The van der Waals surface area contributed by atoms with Crippen LogP contribution in [0.2, 0.25) is 0 Å². The first-order chi connectivity index (χ1) is 16.8. The minimum atomic E-state index is -4.73. The van der Waals surface area contributed by atoms with E-state index in [1.54, 1.807) is 31.5 Å². The maximum Gasteiger partial charge on any atom is 0.421 e. The molecular formula is C22H26F3N6O3PS. The number of sulfonamides is 1. The van der Waals surface area contributed by atoms with Crippen LogP contribution in [0.25, 0.3) is 0 Å². The van der Waals surface area contributed by atoms with E-state index in [4.69, 9.17) is 0 Å². The Hall–Kier alpha value is -3.18. The third-order valence-corrected chi connectivity index (χ3v) is 7.20. The van der Waals surface area contributed by atoms with Crippen molar-refractivity contribution in [3.05, 3.63) is 65.5 Å². The summed E-state index contributed by atoms with van der Waals surface area (Å²) >= 11 is 0. The van der Waals surface area contributed by atoms with Crippen LogP contribution < -0.4 is 15.4 Å². The van der Waals surface area contributed by atoms with Gasteiger partial charge in [-0.05, 0) is 44.0 Å². The fourth-order valence-electron chi connectivity index (χ4n) is 3.17. The van der Waals surface area contributed by atoms with Gasteiger partial charge in [0.05, 0.1) is 12.9 Å². The van der Waals surface area contributed by atoms with Crippen LogP contribution in [0, 0.1) is 0 Å². The summed E-state index contributed by atoms with van der Waals surface area (Å²) in [5.74, 6) is -0.758. The van der Waals surface area contributed by atoms with Gasteiger partial charge in [-0.3, -0.25) is 4.72 Å². The van der Waals surface area contributed by atoms with Crippen LogP contribution in [0.1, 0.15) is 23.6 Å². The summed E-state index contributed by atoms with van der Waals surface area (Å²) < 4.78 is 79.2. The number of alkyl halides is 3. The van der Waals surface area contributed by atoms with E-state index in [0.717, 1.165) is 5.56 Å². The fraction of sp³-hybridized carbons (Fsp3) is 0.318. The summed E-state index contributed by atoms with van der Waals surface area (Å²) in [5, 5.41) is 5.50. The number of hydrogen-bond acceptors (Lipinski definition) is 8. The average molecular weight is 543 g/mol. The van der Waals surface area contributed by atoms with Gasteiger partial charge in [-0.1, -0.05) is 18.2 Å². The van der Waals surface area contributed by atoms with E-state index in [-0.39, 0.29) is 24.1 Å². The molecule has 194 valence electrons. The van der Waals surface area contributed by atoms with E-state index in [2.05, 4.69) is 30.3 Å². The van der Waals surface area contributed by atoms with E-state index in [1.165, 1.54) is 25.3 Å². The first-order valence-corrected chi connectivity index (χ1v) is 15.2. The Morgan fingerprint density at radius 2 is 1.81 bits per heavy atom. The van der Waals surface area contributed by atoms with Gasteiger partial charge in [-0.25, -0.2) is 18.4 Å². The normalized spacial score (nSPS) is 12.3. The van der Waals surface area contributed by atoms with Crippen LogP contribution in [0.3, 0.4) is 0 Å². The number of hydrogen-bond donors (Lipinski definition) is 3. The van der Waals surface area contributed by atoms with Crippen LogP contribution >= 0.6 is 7.14 Å². The standard InChI is InChI=1S/C22H26F3N6O3PS/c1-4-36(33,34)31-19-16(8-6-10-26-19)12-27-20-18(22(23,24)25)13-28-21(30-20)29-17-9-5-7-15(11-17)14-35(2,3)32/h5-11,13H,4,12,14H2,1-3H3,(H,26,31)(H2,27,28,29,30). The monoisotopic (exact) mass is 542 g/mol. The second-order valence-corrected chi connectivity index (χ2v) is 13.9. The highest BCUT2D eigenvalue weighted by molar-refractivity contribution is 7.92. The molecule has 0 saturated carbocycles. The Morgan fingerprint density at radius 3 is 2.47 bits per heavy atom. The number of pyridine rings is 1. The van der Waals surface area contributed by atoms with Crippen molar-refractivity contribution in [1.82, 2.24) is 15.0 Å². The summed E-state index contributed by atoms with van der Waals surface area (Å²) in [6.45, 7) is 4.61. The molecule has 14 heteroatoms. The lowest BCUT2D eigenvalue weighted by Crippen LogP contribution is -2.18. The molecule has 0 spiro atoms. The third-order valence-electron chi connectivity index (χ3n) is 4.81. The quantitative estimate of drug-likeness (QED) is 0.301. The molecule has 1 aromatic carbocycles. The lowest BCUT2D eigenvalue weighted by molar-refractivity contribution is -0.137. The number of anilines is 4. The van der Waals surface area contributed by atoms with Crippen molar-refractivity contribution in [2.24, 2.45) is 0 Å². The Morgan fingerprint density at radius 1 is 1.06 bits per heavy atom. The summed E-state index contributed by atoms with van der Waals surface area (Å²) in [7, 11) is -5.96. The first kappa shape index (κ1) is 27.4. The number of rotatable bonds is 10. The van der Waals surface area contributed by atoms with Gasteiger partial charge < -0.3 is 15.2 Å². The predicted molar refractivity (Wildman–Crippen MR) is 135 cm³/mol. The minimum Gasteiger partial charge on any atom is -0.365 e. The molecule has 2 aromatic heterocycles. The zero-order valence-corrected chi connectivity index (χ0v) is 21.5. The molecule has 3 rings (SSSR count). The van der Waals surface area contributed by atoms with E-state index in [1.807, 2.05) is 6.07 Å². The Kier molecular flexibility index (Phi) is 8.25. The number of halogens is 3. The maximum atomic E-state index is 13.6. The number of benzene rings is 1. The van der Waals surface area contributed by atoms with Crippen LogP contribution in [-0.4, -0.2) is 42.5 Å². The molecule has 0 aliphatic rings. The predicted octanol–water partition coefficient (Wildman–Crippen LogP) is 5.13. The van der Waals surface area contributed by atoms with Gasteiger partial charge in [0.1, 0.15) is 17.2 Å². The van der Waals surface area contributed by atoms with Crippen molar-refractivity contribution in [2.75, 3.05) is 34.4 Å². The minimum absolute atomic E-state index is 0.00812. The Bertz CT molecular complexity index is 1380. The molecule has 0 unspecified atom stereocenters. The lowest BCUT2D eigenvalue weighted by atomic mass is 10.2. The van der Waals surface area contributed by atoms with Crippen LogP contribution in [0.15, 0.2) is 48.8 Å². The fourth-order valence-corrected chi connectivity index (χ4v) is 4.87. The van der Waals surface area contributed by atoms with Gasteiger partial charge in [0.2, 0.25) is 16.0 Å². The molecule has 0 aliphatic carbocycles. The summed E-state index contributed by atoms with van der Waals surface area (Å²) in [6.07, 6.45) is -2.32. The molecule has 0 radical (unpaired) electrons. The molecule has 9 nitrogen and oxygen atoms in total. The molecule has 0 atom stereocenters. The molecule has 3 N–H and O–H groups in total. The van der Waals surface area contributed by atoms with Crippen LogP contribution in [0.4, 0.5) is 36.4 Å². The van der Waals surface area contributed by atoms with Gasteiger partial charge in [-0.15, -0.1) is 0 Å². The van der Waals surface area contributed by atoms with Crippen molar-refractivity contribution in [3.63, 3.8) is 0 Å². The maximum absolute atomic E-state index is 13.6. The zero-order chi connectivity index (χ0) is 26.6. The topological polar surface area (TPSA) is 126 Å². The van der Waals surface area contributed by atoms with Crippen molar-refractivity contribution in [3.8, 4) is 0 Å². The van der Waals surface area contributed by atoms with Crippen molar-refractivity contribution in [2.45, 2.75) is 25.8 Å². The van der Waals surface area contributed by atoms with Gasteiger partial charge >= 0.3 is 6.18 Å². The largest absolute Gasteiger partial charge is 0.421 e. The van der Waals surface area contributed by atoms with Gasteiger partial charge in [0.15, 0.2) is 0 Å². The summed E-state index contributed by atoms with van der Waals surface area (Å²) in [4.78, 5) is 11.8. The second kappa shape index (κ2) is 10.8. The first-order valence-electron chi connectivity index (χ1n) is 10.8. The highest BCUT2D eigenvalue weighted by Crippen LogP contribution is 2.40. The van der Waals surface area contributed by atoms with Gasteiger partial charge in [-0.2, -0.15) is 18.2 Å². The summed E-state index contributed by atoms with van der Waals surface area (Å²) in [6, 6.07) is 10.0. The second-order valence-electron chi connectivity index (χ2n) is 8.38. The molecule has 36 heavy (non-hydrogen) atoms. The van der Waals surface area contributed by atoms with E-state index in [0.29, 0.717) is 23.6 Å². The van der Waals surface area contributed by atoms with E-state index >= 15 is 0 Å². The molecular weight excluding hydrogens is 516 g/mol. The molecule has 3 aromatic rings. The van der Waals surface area contributed by atoms with Crippen molar-refractivity contribution >= 4 is 40.4 Å². The molecule has 0 amide bonds. The number of nitrogens with one attached hydrogen (secondary N) is 3. The number of nitrogens with zero attached hydrogens (tertiary/aromatic N) is 3. The van der Waals surface area contributed by atoms with Crippen LogP contribution in [-0.2, 0) is 33.5 Å². The molecule has 0 saturated heterocycles. The number of aromatic nitrogens is 3. The Labute approximate surface area is 207 Å². The van der Waals surface area contributed by atoms with Crippen molar-refractivity contribution < 1.29 is 26.2 Å². The smallest absolute Gasteiger partial charge is 0.365 e. The average Bonchev–Trinajstić information content (AvgIpc) is 2.77. The van der Waals surface area contributed by atoms with E-state index < -0.39 is 34.7 Å². The lowest BCUT2D eigenvalue weighted by Gasteiger charge is -2.16. The zero-order valence-electron chi connectivity index (χ0n) is 19.8. The summed E-state index contributed by atoms with van der Waals surface area (Å²) in [5.41, 5.74) is 0.568. The molecule has 0 aliphatic heterocycles. The molecule has 0 fully saturated rings. The van der Waals surface area contributed by atoms with Crippen LogP contribution in [0.5, 0.6) is 0 Å². The van der Waals surface area contributed by atoms with E-state index in [9.17, 15) is 26.2 Å². The highest BCUT2D eigenvalue weighted by atomic mass is 32.2. The SMILES string of the molecule is CCS(=O)(=O)Nc1ncccc1CNc1nc(Nc2cccc(CP(C)(C)=O)c2)ncc1C(F)(F)F. The third kappa shape index (κ3) is 7.92. The van der Waals surface area contributed by atoms with Gasteiger partial charge in [0, 0.05) is 36.4 Å². The van der Waals surface area contributed by atoms with Gasteiger partial charge in [0.25, 0.3) is 0 Å².